The summed E-state index contributed by atoms with van der Waals surface area (Å²) in [7, 11) is 0. The van der Waals surface area contributed by atoms with Crippen molar-refractivity contribution < 1.29 is 23.9 Å². The number of halogens is 1. The number of ether oxygens (including phenoxy) is 2. The van der Waals surface area contributed by atoms with Gasteiger partial charge < -0.3 is 9.47 Å². The van der Waals surface area contributed by atoms with Gasteiger partial charge in [-0.1, -0.05) is 60.1 Å². The van der Waals surface area contributed by atoms with E-state index in [4.69, 9.17) is 21.1 Å². The van der Waals surface area contributed by atoms with Crippen LogP contribution in [0.25, 0.3) is 6.08 Å². The summed E-state index contributed by atoms with van der Waals surface area (Å²) in [5.74, 6) is -0.298. The van der Waals surface area contributed by atoms with Gasteiger partial charge in [-0.15, -0.1) is 0 Å². The number of hydrogen-bond acceptors (Lipinski definition) is 5. The summed E-state index contributed by atoms with van der Waals surface area (Å²) in [5, 5.41) is 2.84. The second-order valence-electron chi connectivity index (χ2n) is 9.61. The van der Waals surface area contributed by atoms with Crippen LogP contribution in [0.5, 0.6) is 11.5 Å². The normalized spacial score (nSPS) is 14.3. The van der Waals surface area contributed by atoms with Gasteiger partial charge in [0.2, 0.25) is 0 Å². The van der Waals surface area contributed by atoms with E-state index >= 15 is 0 Å². The number of benzene rings is 4. The number of anilines is 1. The van der Waals surface area contributed by atoms with Gasteiger partial charge in [0.15, 0.2) is 0 Å². The molecule has 0 unspecified atom stereocenters. The molecule has 0 radical (unpaired) electrons. The van der Waals surface area contributed by atoms with Crippen LogP contribution in [-0.4, -0.2) is 17.8 Å². The number of urea groups is 1. The molecule has 0 aliphatic carbocycles. The Kier molecular flexibility index (Phi) is 8.17. The lowest BCUT2D eigenvalue weighted by molar-refractivity contribution is -0.122. The molecule has 0 atom stereocenters. The third-order valence-corrected chi connectivity index (χ3v) is 7.09. The fraction of sp³-hybridized carbons (Fsp3) is 0.121. The quantitative estimate of drug-likeness (QED) is 0.188. The van der Waals surface area contributed by atoms with Gasteiger partial charge in [0.25, 0.3) is 11.8 Å². The van der Waals surface area contributed by atoms with Crippen molar-refractivity contribution >= 4 is 41.2 Å². The summed E-state index contributed by atoms with van der Waals surface area (Å²) >= 11 is 6.18. The van der Waals surface area contributed by atoms with Gasteiger partial charge in [0.05, 0.1) is 5.69 Å². The maximum absolute atomic E-state index is 13.3. The Labute approximate surface area is 243 Å². The van der Waals surface area contributed by atoms with E-state index < -0.39 is 17.8 Å². The smallest absolute Gasteiger partial charge is 0.335 e. The predicted octanol–water partition coefficient (Wildman–Crippen LogP) is 6.78. The zero-order valence-corrected chi connectivity index (χ0v) is 23.3. The van der Waals surface area contributed by atoms with E-state index in [0.29, 0.717) is 34.4 Å². The molecule has 7 nitrogen and oxygen atoms in total. The minimum Gasteiger partial charge on any atom is -0.489 e. The van der Waals surface area contributed by atoms with Gasteiger partial charge in [-0.3, -0.25) is 14.9 Å². The molecule has 0 spiro atoms. The van der Waals surface area contributed by atoms with Gasteiger partial charge in [-0.05, 0) is 84.6 Å². The van der Waals surface area contributed by atoms with Crippen LogP contribution in [0.3, 0.4) is 0 Å². The number of aryl methyl sites for hydroxylation is 2. The highest BCUT2D eigenvalue weighted by atomic mass is 35.5. The van der Waals surface area contributed by atoms with Crippen LogP contribution < -0.4 is 19.7 Å². The van der Waals surface area contributed by atoms with Crippen molar-refractivity contribution in [2.75, 3.05) is 4.90 Å². The summed E-state index contributed by atoms with van der Waals surface area (Å²) in [6.45, 7) is 4.81. The first-order valence-electron chi connectivity index (χ1n) is 13.0. The van der Waals surface area contributed by atoms with Gasteiger partial charge >= 0.3 is 6.03 Å². The number of amides is 4. The maximum atomic E-state index is 13.3. The Hall–Kier alpha value is -4.88. The maximum Gasteiger partial charge on any atom is 0.335 e. The highest BCUT2D eigenvalue weighted by Gasteiger charge is 2.36. The predicted molar refractivity (Wildman–Crippen MR) is 158 cm³/mol. The van der Waals surface area contributed by atoms with E-state index in [-0.39, 0.29) is 12.2 Å². The highest BCUT2D eigenvalue weighted by Crippen LogP contribution is 2.26. The molecule has 0 saturated carbocycles. The minimum atomic E-state index is -0.822. The van der Waals surface area contributed by atoms with Crippen LogP contribution in [0.4, 0.5) is 10.5 Å². The van der Waals surface area contributed by atoms with E-state index in [9.17, 15) is 14.4 Å². The molecule has 206 valence electrons. The summed E-state index contributed by atoms with van der Waals surface area (Å²) < 4.78 is 11.7. The lowest BCUT2D eigenvalue weighted by atomic mass is 10.1. The van der Waals surface area contributed by atoms with Crippen molar-refractivity contribution in [2.45, 2.75) is 27.1 Å². The number of barbiturate groups is 1. The molecule has 5 rings (SSSR count). The molecule has 1 aliphatic rings. The first-order chi connectivity index (χ1) is 19.8. The van der Waals surface area contributed by atoms with Crippen molar-refractivity contribution in [3.8, 4) is 11.5 Å². The van der Waals surface area contributed by atoms with Crippen LogP contribution in [0.1, 0.15) is 27.8 Å². The van der Waals surface area contributed by atoms with Crippen molar-refractivity contribution in [3.05, 3.63) is 129 Å². The number of nitrogens with one attached hydrogen (secondary N) is 1. The third-order valence-electron chi connectivity index (χ3n) is 6.72. The first kappa shape index (κ1) is 27.7. The standard InChI is InChI=1S/C33H27ClN2O5/c1-21-7-8-24(17-22(21)2)19-40-27-13-9-23(10-14-27)18-29-31(37)35-33(39)36(32(29)38)26-11-15-28(16-12-26)41-20-25-5-3-4-6-30(25)34/h3-18H,19-20H2,1-2H3,(H,35,37,39)/b29-18+. The van der Waals surface area contributed by atoms with Crippen LogP contribution in [-0.2, 0) is 22.8 Å². The molecule has 1 saturated heterocycles. The van der Waals surface area contributed by atoms with E-state index in [1.54, 1.807) is 54.6 Å². The summed E-state index contributed by atoms with van der Waals surface area (Å²) in [6.07, 6.45) is 1.45. The minimum absolute atomic E-state index is 0.160. The van der Waals surface area contributed by atoms with Gasteiger partial charge in [0.1, 0.15) is 30.3 Å². The Bertz CT molecular complexity index is 1650. The SMILES string of the molecule is Cc1ccc(COc2ccc(/C=C3\C(=O)NC(=O)N(c4ccc(OCc5ccccc5Cl)cc4)C3=O)cc2)cc1C. The first-order valence-corrected chi connectivity index (χ1v) is 13.3. The molecule has 1 N–H and O–H groups in total. The molecule has 4 aromatic rings. The number of hydrogen-bond donors (Lipinski definition) is 1. The van der Waals surface area contributed by atoms with E-state index in [2.05, 4.69) is 31.3 Å². The average Bonchev–Trinajstić information content (AvgIpc) is 2.97. The summed E-state index contributed by atoms with van der Waals surface area (Å²) in [6, 6.07) is 26.2. The molecule has 1 heterocycles. The van der Waals surface area contributed by atoms with Gasteiger partial charge in [0, 0.05) is 10.6 Å². The van der Waals surface area contributed by atoms with Crippen molar-refractivity contribution in [1.82, 2.24) is 5.32 Å². The summed E-state index contributed by atoms with van der Waals surface area (Å²) in [5.41, 5.74) is 5.07. The summed E-state index contributed by atoms with van der Waals surface area (Å²) in [4.78, 5) is 39.4. The molecule has 0 aromatic heterocycles. The Morgan fingerprint density at radius 2 is 1.44 bits per heavy atom. The Morgan fingerprint density at radius 1 is 0.780 bits per heavy atom. The van der Waals surface area contributed by atoms with Crippen molar-refractivity contribution in [3.63, 3.8) is 0 Å². The largest absolute Gasteiger partial charge is 0.489 e. The molecular weight excluding hydrogens is 540 g/mol. The zero-order valence-electron chi connectivity index (χ0n) is 22.5. The molecule has 0 bridgehead atoms. The Morgan fingerprint density at radius 3 is 2.12 bits per heavy atom. The number of nitrogens with zero attached hydrogens (tertiary/aromatic N) is 1. The number of imide groups is 2. The fourth-order valence-electron chi connectivity index (χ4n) is 4.25. The Balaban J connectivity index is 1.26. The third kappa shape index (κ3) is 6.48. The van der Waals surface area contributed by atoms with Crippen LogP contribution in [0.15, 0.2) is 96.6 Å². The lowest BCUT2D eigenvalue weighted by Gasteiger charge is -2.26. The monoisotopic (exact) mass is 566 g/mol. The lowest BCUT2D eigenvalue weighted by Crippen LogP contribution is -2.54. The number of carbonyl (C=O) groups excluding carboxylic acids is 3. The molecule has 1 aliphatic heterocycles. The molecule has 1 fully saturated rings. The molecule has 41 heavy (non-hydrogen) atoms. The van der Waals surface area contributed by atoms with E-state index in [1.165, 1.54) is 17.2 Å². The zero-order chi connectivity index (χ0) is 28.9. The molecular formula is C33H27ClN2O5. The molecule has 4 amide bonds. The van der Waals surface area contributed by atoms with Crippen LogP contribution >= 0.6 is 11.6 Å². The van der Waals surface area contributed by atoms with E-state index in [1.807, 2.05) is 24.3 Å². The number of carbonyl (C=O) groups is 3. The van der Waals surface area contributed by atoms with Crippen LogP contribution in [0.2, 0.25) is 5.02 Å². The fourth-order valence-corrected chi connectivity index (χ4v) is 4.44. The topological polar surface area (TPSA) is 84.9 Å². The van der Waals surface area contributed by atoms with E-state index in [0.717, 1.165) is 16.0 Å². The van der Waals surface area contributed by atoms with Crippen molar-refractivity contribution in [2.24, 2.45) is 0 Å². The second-order valence-corrected chi connectivity index (χ2v) is 10.0. The average molecular weight is 567 g/mol. The van der Waals surface area contributed by atoms with Crippen molar-refractivity contribution in [1.29, 1.82) is 0 Å². The van der Waals surface area contributed by atoms with Gasteiger partial charge in [-0.2, -0.15) is 0 Å². The molecule has 8 heteroatoms. The second kappa shape index (κ2) is 12.1. The van der Waals surface area contributed by atoms with Gasteiger partial charge in [-0.25, -0.2) is 9.69 Å². The molecule has 4 aromatic carbocycles. The van der Waals surface area contributed by atoms with Crippen LogP contribution in [0, 0.1) is 13.8 Å². The highest BCUT2D eigenvalue weighted by molar-refractivity contribution is 6.39. The number of rotatable bonds is 8.